The van der Waals surface area contributed by atoms with Crippen LogP contribution in [0.5, 0.6) is 0 Å². The Kier molecular flexibility index (Phi) is 5.86. The predicted molar refractivity (Wildman–Crippen MR) is 116 cm³/mol. The molecule has 1 aromatic heterocycles. The molecule has 3 unspecified atom stereocenters. The van der Waals surface area contributed by atoms with E-state index in [9.17, 15) is 4.79 Å². The number of ether oxygens (including phenoxy) is 1. The zero-order valence-corrected chi connectivity index (χ0v) is 16.3. The number of rotatable bonds is 5. The molecule has 4 rings (SSSR count). The Balaban J connectivity index is 1.62. The molecule has 1 amide bonds. The van der Waals surface area contributed by atoms with Gasteiger partial charge < -0.3 is 10.1 Å². The standard InChI is InChI=1S/C24H25N3O2/c1-2-17-12-13-22(26-16-17)23(29-24(28)27-18-8-4-3-5-9-18)20-14-15-25-21-11-7-6-10-19(20)21/h2-11,14-15,17,22-23,26H,1,12-13,16H2,(H,27,28). The van der Waals surface area contributed by atoms with Crippen molar-refractivity contribution in [2.45, 2.75) is 25.0 Å². The molecule has 0 radical (unpaired) electrons. The first-order valence-electron chi connectivity index (χ1n) is 9.97. The molecule has 1 aliphatic heterocycles. The topological polar surface area (TPSA) is 63.2 Å². The molecule has 3 atom stereocenters. The number of aromatic nitrogens is 1. The number of piperidine rings is 1. The third-order valence-electron chi connectivity index (χ3n) is 5.43. The second-order valence-corrected chi connectivity index (χ2v) is 7.32. The molecule has 148 valence electrons. The maximum absolute atomic E-state index is 12.7. The summed E-state index contributed by atoms with van der Waals surface area (Å²) in [5.41, 5.74) is 2.56. The Morgan fingerprint density at radius 3 is 2.69 bits per heavy atom. The van der Waals surface area contributed by atoms with E-state index in [-0.39, 0.29) is 6.04 Å². The third kappa shape index (κ3) is 4.46. The van der Waals surface area contributed by atoms with Crippen LogP contribution in [-0.2, 0) is 4.74 Å². The van der Waals surface area contributed by atoms with E-state index in [1.807, 2.05) is 66.7 Å². The van der Waals surface area contributed by atoms with Gasteiger partial charge in [0.05, 0.1) is 5.52 Å². The lowest BCUT2D eigenvalue weighted by atomic mass is 9.88. The highest BCUT2D eigenvalue weighted by Crippen LogP contribution is 2.32. The summed E-state index contributed by atoms with van der Waals surface area (Å²) in [5.74, 6) is 0.444. The van der Waals surface area contributed by atoms with Gasteiger partial charge in [0.15, 0.2) is 0 Å². The monoisotopic (exact) mass is 387 g/mol. The number of nitrogens with one attached hydrogen (secondary N) is 2. The van der Waals surface area contributed by atoms with Crippen molar-refractivity contribution in [1.82, 2.24) is 10.3 Å². The summed E-state index contributed by atoms with van der Waals surface area (Å²) in [6, 6.07) is 19.3. The Labute approximate surface area is 170 Å². The van der Waals surface area contributed by atoms with Crippen LogP contribution < -0.4 is 10.6 Å². The van der Waals surface area contributed by atoms with Gasteiger partial charge in [-0.15, -0.1) is 6.58 Å². The molecule has 1 aliphatic rings. The summed E-state index contributed by atoms with van der Waals surface area (Å²) in [7, 11) is 0. The van der Waals surface area contributed by atoms with Gasteiger partial charge in [-0.05, 0) is 43.0 Å². The van der Waals surface area contributed by atoms with Gasteiger partial charge >= 0.3 is 6.09 Å². The average Bonchev–Trinajstić information content (AvgIpc) is 2.78. The molecule has 1 fully saturated rings. The van der Waals surface area contributed by atoms with Crippen molar-refractivity contribution in [3.8, 4) is 0 Å². The fourth-order valence-electron chi connectivity index (χ4n) is 3.87. The normalized spacial score (nSPS) is 20.0. The first-order chi connectivity index (χ1) is 14.2. The van der Waals surface area contributed by atoms with E-state index in [0.717, 1.165) is 35.9 Å². The fourth-order valence-corrected chi connectivity index (χ4v) is 3.87. The quantitative estimate of drug-likeness (QED) is 0.600. The molecule has 0 spiro atoms. The van der Waals surface area contributed by atoms with Gasteiger partial charge in [0.25, 0.3) is 0 Å². The number of amides is 1. The molecule has 3 aromatic rings. The Morgan fingerprint density at radius 2 is 1.93 bits per heavy atom. The highest BCUT2D eigenvalue weighted by atomic mass is 16.6. The molecule has 0 saturated carbocycles. The molecule has 29 heavy (non-hydrogen) atoms. The van der Waals surface area contributed by atoms with Crippen LogP contribution in [0.4, 0.5) is 10.5 Å². The minimum Gasteiger partial charge on any atom is -0.439 e. The minimum absolute atomic E-state index is 0.0264. The lowest BCUT2D eigenvalue weighted by molar-refractivity contribution is 0.0739. The zero-order chi connectivity index (χ0) is 20.1. The molecular weight excluding hydrogens is 362 g/mol. The molecule has 2 heterocycles. The lowest BCUT2D eigenvalue weighted by Crippen LogP contribution is -2.44. The van der Waals surface area contributed by atoms with Gasteiger partial charge in [-0.2, -0.15) is 0 Å². The van der Waals surface area contributed by atoms with E-state index in [4.69, 9.17) is 4.74 Å². The summed E-state index contributed by atoms with van der Waals surface area (Å²) in [4.78, 5) is 17.2. The molecule has 2 N–H and O–H groups in total. The Bertz CT molecular complexity index is 976. The first-order valence-corrected chi connectivity index (χ1v) is 9.97. The molecular formula is C24H25N3O2. The van der Waals surface area contributed by atoms with E-state index in [0.29, 0.717) is 11.6 Å². The molecule has 2 aromatic carbocycles. The summed E-state index contributed by atoms with van der Waals surface area (Å²) in [5, 5.41) is 7.38. The maximum Gasteiger partial charge on any atom is 0.412 e. The van der Waals surface area contributed by atoms with Crippen LogP contribution in [0.1, 0.15) is 24.5 Å². The van der Waals surface area contributed by atoms with Crippen LogP contribution in [0, 0.1) is 5.92 Å². The summed E-state index contributed by atoms with van der Waals surface area (Å²) < 4.78 is 5.99. The van der Waals surface area contributed by atoms with Crippen LogP contribution in [0.2, 0.25) is 0 Å². The maximum atomic E-state index is 12.7. The lowest BCUT2D eigenvalue weighted by Gasteiger charge is -2.34. The highest BCUT2D eigenvalue weighted by Gasteiger charge is 2.31. The van der Waals surface area contributed by atoms with Crippen LogP contribution in [0.3, 0.4) is 0 Å². The number of fused-ring (bicyclic) bond motifs is 1. The van der Waals surface area contributed by atoms with Gasteiger partial charge in [-0.25, -0.2) is 4.79 Å². The van der Waals surface area contributed by atoms with Crippen LogP contribution >= 0.6 is 0 Å². The van der Waals surface area contributed by atoms with E-state index < -0.39 is 12.2 Å². The van der Waals surface area contributed by atoms with Crippen molar-refractivity contribution in [2.24, 2.45) is 5.92 Å². The summed E-state index contributed by atoms with van der Waals surface area (Å²) in [6.45, 7) is 4.74. The number of benzene rings is 2. The van der Waals surface area contributed by atoms with Gasteiger partial charge in [-0.3, -0.25) is 10.3 Å². The molecule has 0 bridgehead atoms. The number of carbonyl (C=O) groups excluding carboxylic acids is 1. The molecule has 5 nitrogen and oxygen atoms in total. The smallest absolute Gasteiger partial charge is 0.412 e. The van der Waals surface area contributed by atoms with E-state index in [1.54, 1.807) is 6.20 Å². The zero-order valence-electron chi connectivity index (χ0n) is 16.3. The third-order valence-corrected chi connectivity index (χ3v) is 5.43. The Hall–Kier alpha value is -3.18. The van der Waals surface area contributed by atoms with Crippen molar-refractivity contribution >= 4 is 22.7 Å². The summed E-state index contributed by atoms with van der Waals surface area (Å²) in [6.07, 6.45) is 4.80. The number of hydrogen-bond acceptors (Lipinski definition) is 4. The molecule has 1 saturated heterocycles. The van der Waals surface area contributed by atoms with Gasteiger partial charge in [-0.1, -0.05) is 42.5 Å². The second-order valence-electron chi connectivity index (χ2n) is 7.32. The van der Waals surface area contributed by atoms with Crippen molar-refractivity contribution < 1.29 is 9.53 Å². The number of carbonyl (C=O) groups is 1. The van der Waals surface area contributed by atoms with Gasteiger partial charge in [0.2, 0.25) is 0 Å². The molecule has 5 heteroatoms. The number of anilines is 1. The predicted octanol–water partition coefficient (Wildman–Crippen LogP) is 5.08. The van der Waals surface area contributed by atoms with Crippen LogP contribution in [-0.4, -0.2) is 23.7 Å². The van der Waals surface area contributed by atoms with Gasteiger partial charge in [0.1, 0.15) is 6.10 Å². The van der Waals surface area contributed by atoms with E-state index in [2.05, 4.69) is 22.2 Å². The van der Waals surface area contributed by atoms with Crippen molar-refractivity contribution in [3.05, 3.63) is 85.1 Å². The number of nitrogens with zero attached hydrogens (tertiary/aromatic N) is 1. The minimum atomic E-state index is -0.463. The second kappa shape index (κ2) is 8.88. The highest BCUT2D eigenvalue weighted by molar-refractivity contribution is 5.86. The number of hydrogen-bond donors (Lipinski definition) is 2. The van der Waals surface area contributed by atoms with Crippen LogP contribution in [0.25, 0.3) is 10.9 Å². The molecule has 0 aliphatic carbocycles. The van der Waals surface area contributed by atoms with E-state index >= 15 is 0 Å². The largest absolute Gasteiger partial charge is 0.439 e. The number of pyridine rings is 1. The van der Waals surface area contributed by atoms with Crippen molar-refractivity contribution in [2.75, 3.05) is 11.9 Å². The number of para-hydroxylation sites is 2. The van der Waals surface area contributed by atoms with Crippen molar-refractivity contribution in [1.29, 1.82) is 0 Å². The van der Waals surface area contributed by atoms with Crippen molar-refractivity contribution in [3.63, 3.8) is 0 Å². The fraction of sp³-hybridized carbons (Fsp3) is 0.250. The summed E-state index contributed by atoms with van der Waals surface area (Å²) >= 11 is 0. The van der Waals surface area contributed by atoms with E-state index in [1.165, 1.54) is 0 Å². The Morgan fingerprint density at radius 1 is 1.14 bits per heavy atom. The average molecular weight is 387 g/mol. The van der Waals surface area contributed by atoms with Gasteiger partial charge in [0, 0.05) is 35.4 Å². The van der Waals surface area contributed by atoms with Crippen LogP contribution in [0.15, 0.2) is 79.5 Å². The first kappa shape index (κ1) is 19.2. The SMILES string of the molecule is C=CC1CCC(C(OC(=O)Nc2ccccc2)c2ccnc3ccccc23)NC1.